The molecule has 1 N–H and O–H groups in total. The molecule has 220 valence electrons. The predicted octanol–water partition coefficient (Wildman–Crippen LogP) is 5.39. The Morgan fingerprint density at radius 1 is 1.00 bits per heavy atom. The third kappa shape index (κ3) is 6.69. The van der Waals surface area contributed by atoms with Gasteiger partial charge in [0.15, 0.2) is 5.78 Å². The summed E-state index contributed by atoms with van der Waals surface area (Å²) in [6, 6.07) is 9.25. The summed E-state index contributed by atoms with van der Waals surface area (Å²) in [6.45, 7) is 3.89. The van der Waals surface area contributed by atoms with Crippen molar-refractivity contribution in [2.75, 3.05) is 26.2 Å². The van der Waals surface area contributed by atoms with Crippen molar-refractivity contribution in [3.05, 3.63) is 70.3 Å². The second-order valence-corrected chi connectivity index (χ2v) is 11.8. The van der Waals surface area contributed by atoms with E-state index in [0.29, 0.717) is 37.2 Å². The van der Waals surface area contributed by atoms with Gasteiger partial charge in [-0.2, -0.15) is 0 Å². The van der Waals surface area contributed by atoms with Crippen LogP contribution in [-0.2, 0) is 22.6 Å². The predicted molar refractivity (Wildman–Crippen MR) is 153 cm³/mol. The smallest absolute Gasteiger partial charge is 0.254 e. The fourth-order valence-corrected chi connectivity index (χ4v) is 6.93. The lowest BCUT2D eigenvalue weighted by Crippen LogP contribution is -2.52. The number of carbonyl (C=O) groups excluding carboxylic acids is 3. The van der Waals surface area contributed by atoms with E-state index in [1.807, 2.05) is 22.8 Å². The van der Waals surface area contributed by atoms with E-state index in [2.05, 4.69) is 17.4 Å². The molecule has 0 radical (unpaired) electrons. The number of nitrogens with zero attached hydrogens (tertiary/aromatic N) is 2. The lowest BCUT2D eigenvalue weighted by Gasteiger charge is -2.40. The summed E-state index contributed by atoms with van der Waals surface area (Å²) in [5, 5.41) is 2.99. The van der Waals surface area contributed by atoms with Crippen LogP contribution in [0, 0.1) is 17.6 Å². The van der Waals surface area contributed by atoms with E-state index in [9.17, 15) is 23.2 Å². The van der Waals surface area contributed by atoms with Gasteiger partial charge < -0.3 is 15.1 Å². The second-order valence-electron chi connectivity index (χ2n) is 11.8. The Morgan fingerprint density at radius 3 is 2.56 bits per heavy atom. The van der Waals surface area contributed by atoms with Gasteiger partial charge >= 0.3 is 0 Å². The highest BCUT2D eigenvalue weighted by Gasteiger charge is 2.39. The van der Waals surface area contributed by atoms with Crippen LogP contribution in [0.3, 0.4) is 0 Å². The number of hydrogen-bond acceptors (Lipinski definition) is 4. The van der Waals surface area contributed by atoms with E-state index < -0.39 is 11.6 Å². The number of hydrogen-bond donors (Lipinski definition) is 1. The molecule has 0 bridgehead atoms. The first-order chi connectivity index (χ1) is 19.9. The maximum atomic E-state index is 13.9. The summed E-state index contributed by atoms with van der Waals surface area (Å²) in [5.74, 6) is -0.832. The topological polar surface area (TPSA) is 69.7 Å². The van der Waals surface area contributed by atoms with Gasteiger partial charge in [0.05, 0.1) is 12.6 Å². The molecule has 0 aromatic heterocycles. The van der Waals surface area contributed by atoms with Crippen molar-refractivity contribution in [1.82, 2.24) is 15.1 Å². The zero-order chi connectivity index (χ0) is 28.9. The van der Waals surface area contributed by atoms with Crippen molar-refractivity contribution >= 4 is 17.6 Å². The van der Waals surface area contributed by atoms with Gasteiger partial charge in [0, 0.05) is 55.7 Å². The highest BCUT2D eigenvalue weighted by Crippen LogP contribution is 2.34. The van der Waals surface area contributed by atoms with E-state index in [-0.39, 0.29) is 48.6 Å². The minimum absolute atomic E-state index is 0.0357. The monoisotopic (exact) mass is 565 g/mol. The molecule has 6 nitrogen and oxygen atoms in total. The number of amides is 2. The number of halogens is 2. The van der Waals surface area contributed by atoms with Crippen LogP contribution in [0.4, 0.5) is 8.78 Å². The normalized spacial score (nSPS) is 20.6. The molecular weight excluding hydrogens is 524 g/mol. The molecule has 5 rings (SSSR count). The van der Waals surface area contributed by atoms with E-state index in [1.54, 1.807) is 0 Å². The molecule has 1 saturated heterocycles. The Balaban J connectivity index is 1.24. The second kappa shape index (κ2) is 13.2. The number of rotatable bonds is 9. The van der Waals surface area contributed by atoms with Crippen molar-refractivity contribution < 1.29 is 23.2 Å². The average molecular weight is 566 g/mol. The van der Waals surface area contributed by atoms with Crippen LogP contribution in [-0.4, -0.2) is 59.6 Å². The van der Waals surface area contributed by atoms with Crippen molar-refractivity contribution in [3.63, 3.8) is 0 Å². The number of piperidine rings is 1. The van der Waals surface area contributed by atoms with Crippen LogP contribution in [0.2, 0.25) is 0 Å². The van der Waals surface area contributed by atoms with Crippen LogP contribution in [0.25, 0.3) is 0 Å². The summed E-state index contributed by atoms with van der Waals surface area (Å²) < 4.78 is 27.1. The Kier molecular flexibility index (Phi) is 9.48. The molecule has 2 fully saturated rings. The number of Topliss-reactive ketones (excluding diaryl/α,β-unsaturated/α-hetero) is 1. The molecule has 1 aliphatic carbocycles. The fraction of sp³-hybridized carbons (Fsp3) is 0.545. The molecule has 2 atom stereocenters. The Morgan fingerprint density at radius 2 is 1.80 bits per heavy atom. The van der Waals surface area contributed by atoms with Gasteiger partial charge in [0.25, 0.3) is 5.91 Å². The molecule has 0 spiro atoms. The lowest BCUT2D eigenvalue weighted by atomic mass is 9.79. The molecule has 2 amide bonds. The highest BCUT2D eigenvalue weighted by molar-refractivity contribution is 6.00. The molecule has 2 aromatic carbocycles. The standard InChI is InChI=1S/C33H41F2N3O3/c1-2-30(39)32(23-7-4-3-5-8-23)38-16-14-22-10-11-24(17-28(22)33(38)41)26-9-6-15-37(21-26)31(40)20-36-19-25-12-13-27(34)18-29(25)35/h10-13,17-18,23,26,32,36H,2-9,14-16,19-21H2,1H3/t26?,32-/m1/s1. The van der Waals surface area contributed by atoms with E-state index in [0.717, 1.165) is 62.1 Å². The molecule has 41 heavy (non-hydrogen) atoms. The third-order valence-electron chi connectivity index (χ3n) is 9.21. The fourth-order valence-electron chi connectivity index (χ4n) is 6.93. The minimum Gasteiger partial charge on any atom is -0.341 e. The van der Waals surface area contributed by atoms with Gasteiger partial charge in [-0.05, 0) is 61.3 Å². The Hall–Kier alpha value is -3.13. The zero-order valence-corrected chi connectivity index (χ0v) is 24.0. The average Bonchev–Trinajstić information content (AvgIpc) is 3.00. The Labute approximate surface area is 241 Å². The molecular formula is C33H41F2N3O3. The number of carbonyl (C=O) groups is 3. The summed E-state index contributed by atoms with van der Waals surface area (Å²) in [6.07, 6.45) is 8.43. The maximum absolute atomic E-state index is 13.9. The first-order valence-electron chi connectivity index (χ1n) is 15.2. The van der Waals surface area contributed by atoms with E-state index in [4.69, 9.17) is 0 Å². The molecule has 1 unspecified atom stereocenters. The number of nitrogens with one attached hydrogen (secondary N) is 1. The molecule has 8 heteroatoms. The van der Waals surface area contributed by atoms with Gasteiger partial charge in [-0.15, -0.1) is 0 Å². The van der Waals surface area contributed by atoms with E-state index in [1.165, 1.54) is 18.6 Å². The van der Waals surface area contributed by atoms with Crippen molar-refractivity contribution in [1.29, 1.82) is 0 Å². The van der Waals surface area contributed by atoms with Crippen molar-refractivity contribution in [3.8, 4) is 0 Å². The number of fused-ring (bicyclic) bond motifs is 1. The summed E-state index contributed by atoms with van der Waals surface area (Å²) in [4.78, 5) is 43.6. The largest absolute Gasteiger partial charge is 0.341 e. The van der Waals surface area contributed by atoms with Gasteiger partial charge in [0.2, 0.25) is 5.91 Å². The van der Waals surface area contributed by atoms with Gasteiger partial charge in [-0.1, -0.05) is 44.4 Å². The number of ketones is 1. The van der Waals surface area contributed by atoms with Crippen molar-refractivity contribution in [2.45, 2.75) is 83.2 Å². The first-order valence-corrected chi connectivity index (χ1v) is 15.2. The highest BCUT2D eigenvalue weighted by atomic mass is 19.1. The summed E-state index contributed by atoms with van der Waals surface area (Å²) in [7, 11) is 0. The summed E-state index contributed by atoms with van der Waals surface area (Å²) in [5.41, 5.74) is 3.09. The van der Waals surface area contributed by atoms with Gasteiger partial charge in [0.1, 0.15) is 11.6 Å². The minimum atomic E-state index is -0.632. The Bertz CT molecular complexity index is 1280. The molecule has 2 aromatic rings. The van der Waals surface area contributed by atoms with Crippen LogP contribution < -0.4 is 5.32 Å². The maximum Gasteiger partial charge on any atom is 0.254 e. The van der Waals surface area contributed by atoms with Gasteiger partial charge in [-0.25, -0.2) is 8.78 Å². The quantitative estimate of drug-likeness (QED) is 0.443. The third-order valence-corrected chi connectivity index (χ3v) is 9.21. The first kappa shape index (κ1) is 29.4. The van der Waals surface area contributed by atoms with Gasteiger partial charge in [-0.3, -0.25) is 14.4 Å². The number of benzene rings is 2. The van der Waals surface area contributed by atoms with Crippen LogP contribution >= 0.6 is 0 Å². The lowest BCUT2D eigenvalue weighted by molar-refractivity contribution is -0.131. The molecule has 2 heterocycles. The van der Waals surface area contributed by atoms with Crippen LogP contribution in [0.5, 0.6) is 0 Å². The number of likely N-dealkylation sites (tertiary alicyclic amines) is 1. The van der Waals surface area contributed by atoms with Crippen LogP contribution in [0.1, 0.15) is 91.3 Å². The van der Waals surface area contributed by atoms with E-state index >= 15 is 0 Å². The molecule has 1 saturated carbocycles. The SMILES string of the molecule is CCC(=O)[C@@H](C1CCCCC1)N1CCc2ccc(C3CCCN(C(=O)CNCc4ccc(F)cc4F)C3)cc2C1=O. The summed E-state index contributed by atoms with van der Waals surface area (Å²) >= 11 is 0. The molecule has 2 aliphatic heterocycles. The zero-order valence-electron chi connectivity index (χ0n) is 24.0. The molecule has 3 aliphatic rings. The van der Waals surface area contributed by atoms with Crippen LogP contribution in [0.15, 0.2) is 36.4 Å². The van der Waals surface area contributed by atoms with Crippen molar-refractivity contribution in [2.24, 2.45) is 5.92 Å².